The summed E-state index contributed by atoms with van der Waals surface area (Å²) < 4.78 is 6.75. The second kappa shape index (κ2) is 7.04. The van der Waals surface area contributed by atoms with Gasteiger partial charge in [0, 0.05) is 17.6 Å². The van der Waals surface area contributed by atoms with E-state index in [1.807, 2.05) is 6.07 Å². The number of hydrogen-bond donors (Lipinski definition) is 1. The molecule has 0 radical (unpaired) electrons. The van der Waals surface area contributed by atoms with Gasteiger partial charge in [-0.05, 0) is 46.6 Å². The van der Waals surface area contributed by atoms with E-state index < -0.39 is 0 Å². The lowest BCUT2D eigenvalue weighted by Gasteiger charge is -2.41. The Bertz CT molecular complexity index is 428. The van der Waals surface area contributed by atoms with E-state index in [0.29, 0.717) is 6.54 Å². The van der Waals surface area contributed by atoms with Crippen molar-refractivity contribution in [1.29, 1.82) is 0 Å². The average molecular weight is 348 g/mol. The highest BCUT2D eigenvalue weighted by atomic mass is 79.9. The van der Waals surface area contributed by atoms with E-state index in [2.05, 4.69) is 39.9 Å². The van der Waals surface area contributed by atoms with Gasteiger partial charge in [0.2, 0.25) is 0 Å². The first-order chi connectivity index (χ1) is 9.17. The van der Waals surface area contributed by atoms with Gasteiger partial charge in [-0.3, -0.25) is 4.90 Å². The average Bonchev–Trinajstić information content (AvgIpc) is 2.42. The van der Waals surface area contributed by atoms with Crippen molar-refractivity contribution < 1.29 is 4.74 Å². The van der Waals surface area contributed by atoms with Crippen LogP contribution in [-0.4, -0.2) is 37.2 Å². The van der Waals surface area contributed by atoms with Crippen LogP contribution in [0.4, 0.5) is 0 Å². The molecular weight excluding hydrogens is 328 g/mol. The van der Waals surface area contributed by atoms with Gasteiger partial charge in [-0.25, -0.2) is 0 Å². The van der Waals surface area contributed by atoms with Crippen molar-refractivity contribution in [3.05, 3.63) is 33.3 Å². The molecule has 2 unspecified atom stereocenters. The highest BCUT2D eigenvalue weighted by Crippen LogP contribution is 2.33. The standard InChI is InChI=1S/C14H20BrClN2O/c1-2-5-18-6-7-19-13(9-17)14(18)10-3-4-12(16)11(15)8-10/h3-4,8,13-14H,2,5-7,9,17H2,1H3. The molecule has 1 fully saturated rings. The predicted molar refractivity (Wildman–Crippen MR) is 82.6 cm³/mol. The van der Waals surface area contributed by atoms with Gasteiger partial charge in [0.05, 0.1) is 23.8 Å². The molecule has 106 valence electrons. The maximum atomic E-state index is 6.07. The monoisotopic (exact) mass is 346 g/mol. The normalized spacial score (nSPS) is 24.6. The van der Waals surface area contributed by atoms with E-state index in [-0.39, 0.29) is 12.1 Å². The fourth-order valence-electron chi connectivity index (χ4n) is 2.64. The number of rotatable bonds is 4. The summed E-state index contributed by atoms with van der Waals surface area (Å²) in [6.07, 6.45) is 1.18. The topological polar surface area (TPSA) is 38.5 Å². The molecule has 1 aliphatic heterocycles. The van der Waals surface area contributed by atoms with Crippen LogP contribution in [0.3, 0.4) is 0 Å². The molecule has 1 heterocycles. The second-order valence-corrected chi connectivity index (χ2v) is 6.06. The van der Waals surface area contributed by atoms with Gasteiger partial charge >= 0.3 is 0 Å². The Hall–Kier alpha value is -0.130. The highest BCUT2D eigenvalue weighted by Gasteiger charge is 2.32. The van der Waals surface area contributed by atoms with E-state index in [0.717, 1.165) is 35.6 Å². The van der Waals surface area contributed by atoms with E-state index in [9.17, 15) is 0 Å². The lowest BCUT2D eigenvalue weighted by atomic mass is 9.98. The van der Waals surface area contributed by atoms with Crippen molar-refractivity contribution in [2.45, 2.75) is 25.5 Å². The van der Waals surface area contributed by atoms with Crippen molar-refractivity contribution in [1.82, 2.24) is 4.90 Å². The molecule has 2 atom stereocenters. The summed E-state index contributed by atoms with van der Waals surface area (Å²) in [7, 11) is 0. The van der Waals surface area contributed by atoms with Gasteiger partial charge in [-0.1, -0.05) is 24.6 Å². The van der Waals surface area contributed by atoms with Crippen LogP contribution in [0.25, 0.3) is 0 Å². The number of hydrogen-bond acceptors (Lipinski definition) is 3. The van der Waals surface area contributed by atoms with Crippen LogP contribution in [0.1, 0.15) is 24.9 Å². The highest BCUT2D eigenvalue weighted by molar-refractivity contribution is 9.10. The second-order valence-electron chi connectivity index (χ2n) is 4.80. The lowest BCUT2D eigenvalue weighted by molar-refractivity contribution is -0.0676. The summed E-state index contributed by atoms with van der Waals surface area (Å²) >= 11 is 9.56. The fraction of sp³-hybridized carbons (Fsp3) is 0.571. The zero-order valence-electron chi connectivity index (χ0n) is 11.1. The molecule has 2 N–H and O–H groups in total. The maximum Gasteiger partial charge on any atom is 0.0894 e. The van der Waals surface area contributed by atoms with Crippen LogP contribution in [0.5, 0.6) is 0 Å². The Kier molecular flexibility index (Phi) is 5.66. The van der Waals surface area contributed by atoms with Gasteiger partial charge in [-0.2, -0.15) is 0 Å². The minimum absolute atomic E-state index is 0.0494. The van der Waals surface area contributed by atoms with Crippen LogP contribution < -0.4 is 5.73 Å². The largest absolute Gasteiger partial charge is 0.374 e. The number of halogens is 2. The first-order valence-electron chi connectivity index (χ1n) is 6.68. The summed E-state index contributed by atoms with van der Waals surface area (Å²) in [4.78, 5) is 2.46. The Labute approximate surface area is 128 Å². The first kappa shape index (κ1) is 15.3. The van der Waals surface area contributed by atoms with Crippen molar-refractivity contribution in [3.63, 3.8) is 0 Å². The zero-order valence-corrected chi connectivity index (χ0v) is 13.5. The molecule has 1 saturated heterocycles. The summed E-state index contributed by atoms with van der Waals surface area (Å²) in [6, 6.07) is 6.28. The van der Waals surface area contributed by atoms with E-state index in [1.165, 1.54) is 5.56 Å². The lowest BCUT2D eigenvalue weighted by Crippen LogP contribution is -2.48. The molecule has 0 aliphatic carbocycles. The molecule has 0 saturated carbocycles. The van der Waals surface area contributed by atoms with Crippen molar-refractivity contribution >= 4 is 27.5 Å². The molecule has 5 heteroatoms. The molecule has 1 aromatic carbocycles. The van der Waals surface area contributed by atoms with Crippen LogP contribution >= 0.6 is 27.5 Å². The zero-order chi connectivity index (χ0) is 13.8. The first-order valence-corrected chi connectivity index (χ1v) is 7.85. The number of nitrogens with zero attached hydrogens (tertiary/aromatic N) is 1. The third-order valence-electron chi connectivity index (χ3n) is 3.48. The smallest absolute Gasteiger partial charge is 0.0894 e. The minimum atomic E-state index is 0.0494. The number of morpholine rings is 1. The van der Waals surface area contributed by atoms with Gasteiger partial charge < -0.3 is 10.5 Å². The third-order valence-corrected chi connectivity index (χ3v) is 4.70. The summed E-state index contributed by atoms with van der Waals surface area (Å²) in [5, 5.41) is 0.729. The molecule has 1 aliphatic rings. The molecule has 0 amide bonds. The van der Waals surface area contributed by atoms with Crippen LogP contribution in [0.15, 0.2) is 22.7 Å². The number of ether oxygens (including phenoxy) is 1. The number of benzene rings is 1. The van der Waals surface area contributed by atoms with Gasteiger partial charge in [0.1, 0.15) is 0 Å². The van der Waals surface area contributed by atoms with Crippen molar-refractivity contribution in [3.8, 4) is 0 Å². The molecule has 19 heavy (non-hydrogen) atoms. The molecule has 3 nitrogen and oxygen atoms in total. The maximum absolute atomic E-state index is 6.07. The van der Waals surface area contributed by atoms with E-state index >= 15 is 0 Å². The molecule has 0 bridgehead atoms. The summed E-state index contributed by atoms with van der Waals surface area (Å²) in [6.45, 7) is 5.50. The minimum Gasteiger partial charge on any atom is -0.374 e. The molecule has 0 aromatic heterocycles. The Morgan fingerprint density at radius 2 is 2.32 bits per heavy atom. The molecule has 1 aromatic rings. The van der Waals surface area contributed by atoms with E-state index in [4.69, 9.17) is 22.1 Å². The Balaban J connectivity index is 2.30. The molecule has 0 spiro atoms. The van der Waals surface area contributed by atoms with Crippen LogP contribution in [0, 0.1) is 0 Å². The Morgan fingerprint density at radius 1 is 1.53 bits per heavy atom. The number of nitrogens with two attached hydrogens (primary N) is 1. The van der Waals surface area contributed by atoms with Gasteiger partial charge in [-0.15, -0.1) is 0 Å². The predicted octanol–water partition coefficient (Wildman–Crippen LogP) is 3.21. The quantitative estimate of drug-likeness (QED) is 0.909. The third kappa shape index (κ3) is 3.50. The van der Waals surface area contributed by atoms with Gasteiger partial charge in [0.25, 0.3) is 0 Å². The van der Waals surface area contributed by atoms with Gasteiger partial charge in [0.15, 0.2) is 0 Å². The summed E-state index contributed by atoms with van der Waals surface area (Å²) in [5.74, 6) is 0. The van der Waals surface area contributed by atoms with Crippen molar-refractivity contribution in [2.24, 2.45) is 5.73 Å². The Morgan fingerprint density at radius 3 is 2.95 bits per heavy atom. The van der Waals surface area contributed by atoms with Crippen LogP contribution in [-0.2, 0) is 4.74 Å². The molecular formula is C14H20BrClN2O. The summed E-state index contributed by atoms with van der Waals surface area (Å²) in [5.41, 5.74) is 7.08. The van der Waals surface area contributed by atoms with Crippen molar-refractivity contribution in [2.75, 3.05) is 26.2 Å². The fourth-order valence-corrected chi connectivity index (χ4v) is 3.16. The molecule has 2 rings (SSSR count). The van der Waals surface area contributed by atoms with E-state index in [1.54, 1.807) is 0 Å². The SMILES string of the molecule is CCCN1CCOC(CN)C1c1ccc(Cl)c(Br)c1. The van der Waals surface area contributed by atoms with Crippen LogP contribution in [0.2, 0.25) is 5.02 Å².